The molecule has 0 fully saturated rings. The Balaban J connectivity index is 2.43. The number of allylic oxidation sites excluding steroid dienone is 2. The number of hydrogen-bond acceptors (Lipinski definition) is 1. The van der Waals surface area contributed by atoms with Crippen LogP contribution in [0.15, 0.2) is 18.2 Å². The maximum absolute atomic E-state index is 9.60. The van der Waals surface area contributed by atoms with Crippen LogP contribution in [0.1, 0.15) is 42.4 Å². The maximum Gasteiger partial charge on any atom is 0.118 e. The molecule has 1 aliphatic rings. The Morgan fingerprint density at radius 1 is 1.07 bits per heavy atom. The lowest BCUT2D eigenvalue weighted by Gasteiger charge is -2.16. The van der Waals surface area contributed by atoms with E-state index in [1.165, 1.54) is 42.4 Å². The molecule has 0 atom stereocenters. The molecule has 0 amide bonds. The predicted octanol–water partition coefficient (Wildman–Crippen LogP) is 3.97. The van der Waals surface area contributed by atoms with Gasteiger partial charge in [-0.15, -0.1) is 0 Å². The molecule has 0 spiro atoms. The topological polar surface area (TPSA) is 20.2 Å². The summed E-state index contributed by atoms with van der Waals surface area (Å²) >= 11 is 0. The molecule has 0 saturated heterocycles. The second-order valence-corrected chi connectivity index (χ2v) is 4.43. The van der Waals surface area contributed by atoms with Crippen LogP contribution in [0.3, 0.4) is 0 Å². The fourth-order valence-electron chi connectivity index (χ4n) is 2.23. The molecule has 0 saturated carbocycles. The van der Waals surface area contributed by atoms with Crippen molar-refractivity contribution < 1.29 is 5.11 Å². The molecule has 0 heterocycles. The van der Waals surface area contributed by atoms with E-state index in [2.05, 4.69) is 19.1 Å². The van der Waals surface area contributed by atoms with Crippen molar-refractivity contribution in [3.63, 3.8) is 0 Å². The van der Waals surface area contributed by atoms with E-state index in [1.807, 2.05) is 13.0 Å². The number of benzene rings is 1. The van der Waals surface area contributed by atoms with E-state index in [4.69, 9.17) is 0 Å². The fraction of sp³-hybridized carbons (Fsp3) is 0.429. The number of phenolic OH excluding ortho intramolecular Hbond substituents is 1. The van der Waals surface area contributed by atoms with Crippen molar-refractivity contribution in [1.29, 1.82) is 0 Å². The van der Waals surface area contributed by atoms with E-state index >= 15 is 0 Å². The molecular weight excluding hydrogens is 184 g/mol. The summed E-state index contributed by atoms with van der Waals surface area (Å²) in [6, 6.07) is 3.99. The highest BCUT2D eigenvalue weighted by atomic mass is 16.3. The van der Waals surface area contributed by atoms with Gasteiger partial charge in [-0.05, 0) is 73.9 Å². The SMILES string of the molecule is Cc1cc(C2=CCCCC2)c(C)cc1O. The second-order valence-electron chi connectivity index (χ2n) is 4.43. The van der Waals surface area contributed by atoms with Crippen LogP contribution in [0.25, 0.3) is 5.57 Å². The minimum Gasteiger partial charge on any atom is -0.508 e. The van der Waals surface area contributed by atoms with Crippen LogP contribution in [-0.2, 0) is 0 Å². The number of aryl methyl sites for hydroxylation is 2. The summed E-state index contributed by atoms with van der Waals surface area (Å²) in [6.07, 6.45) is 7.35. The molecule has 0 unspecified atom stereocenters. The van der Waals surface area contributed by atoms with Gasteiger partial charge in [-0.2, -0.15) is 0 Å². The van der Waals surface area contributed by atoms with E-state index in [9.17, 15) is 5.11 Å². The lowest BCUT2D eigenvalue weighted by atomic mass is 9.90. The normalized spacial score (nSPS) is 16.3. The third kappa shape index (κ3) is 2.06. The van der Waals surface area contributed by atoms with Gasteiger partial charge in [0.05, 0.1) is 0 Å². The van der Waals surface area contributed by atoms with Gasteiger partial charge < -0.3 is 5.11 Å². The largest absolute Gasteiger partial charge is 0.508 e. The molecule has 0 aliphatic heterocycles. The monoisotopic (exact) mass is 202 g/mol. The lowest BCUT2D eigenvalue weighted by Crippen LogP contribution is -1.95. The molecule has 80 valence electrons. The Bertz CT molecular complexity index is 402. The van der Waals surface area contributed by atoms with Crippen molar-refractivity contribution in [2.45, 2.75) is 39.5 Å². The molecule has 1 aliphatic carbocycles. The minimum atomic E-state index is 0.410. The zero-order valence-electron chi connectivity index (χ0n) is 9.51. The minimum absolute atomic E-state index is 0.410. The van der Waals surface area contributed by atoms with Gasteiger partial charge in [0.15, 0.2) is 0 Å². The van der Waals surface area contributed by atoms with Crippen molar-refractivity contribution in [3.05, 3.63) is 34.9 Å². The first kappa shape index (κ1) is 10.3. The van der Waals surface area contributed by atoms with Gasteiger partial charge in [0.25, 0.3) is 0 Å². The number of rotatable bonds is 1. The molecule has 0 aromatic heterocycles. The van der Waals surface area contributed by atoms with Crippen molar-refractivity contribution in [1.82, 2.24) is 0 Å². The molecule has 2 rings (SSSR count). The standard InChI is InChI=1S/C14H18O/c1-10-9-14(15)11(2)8-13(10)12-6-4-3-5-7-12/h6,8-9,15H,3-5,7H2,1-2H3. The molecule has 1 aromatic rings. The molecule has 1 nitrogen and oxygen atoms in total. The average Bonchev–Trinajstić information content (AvgIpc) is 2.25. The second kappa shape index (κ2) is 4.09. The summed E-state index contributed by atoms with van der Waals surface area (Å²) in [5.41, 5.74) is 4.94. The first-order chi connectivity index (χ1) is 7.18. The fourth-order valence-corrected chi connectivity index (χ4v) is 2.23. The van der Waals surface area contributed by atoms with Gasteiger partial charge in [0.1, 0.15) is 5.75 Å². The van der Waals surface area contributed by atoms with Crippen LogP contribution in [-0.4, -0.2) is 5.11 Å². The highest BCUT2D eigenvalue weighted by molar-refractivity contribution is 5.70. The first-order valence-corrected chi connectivity index (χ1v) is 5.68. The van der Waals surface area contributed by atoms with E-state index in [1.54, 1.807) is 0 Å². The van der Waals surface area contributed by atoms with E-state index in [0.717, 1.165) is 5.56 Å². The van der Waals surface area contributed by atoms with Crippen LogP contribution in [0.2, 0.25) is 0 Å². The van der Waals surface area contributed by atoms with Crippen LogP contribution in [0.4, 0.5) is 0 Å². The van der Waals surface area contributed by atoms with Crippen molar-refractivity contribution in [3.8, 4) is 5.75 Å². The molecule has 15 heavy (non-hydrogen) atoms. The summed E-state index contributed by atoms with van der Waals surface area (Å²) in [6.45, 7) is 4.03. The summed E-state index contributed by atoms with van der Waals surface area (Å²) in [7, 11) is 0. The Morgan fingerprint density at radius 3 is 2.53 bits per heavy atom. The quantitative estimate of drug-likeness (QED) is 0.730. The maximum atomic E-state index is 9.60. The zero-order valence-corrected chi connectivity index (χ0v) is 9.51. The molecule has 1 heteroatoms. The van der Waals surface area contributed by atoms with Crippen LogP contribution in [0, 0.1) is 13.8 Å². The van der Waals surface area contributed by atoms with Crippen molar-refractivity contribution >= 4 is 5.57 Å². The van der Waals surface area contributed by atoms with Gasteiger partial charge in [-0.1, -0.05) is 6.08 Å². The number of aromatic hydroxyl groups is 1. The zero-order chi connectivity index (χ0) is 10.8. The van der Waals surface area contributed by atoms with Gasteiger partial charge in [0.2, 0.25) is 0 Å². The molecule has 1 N–H and O–H groups in total. The van der Waals surface area contributed by atoms with Gasteiger partial charge in [-0.25, -0.2) is 0 Å². The highest BCUT2D eigenvalue weighted by Crippen LogP contribution is 2.32. The van der Waals surface area contributed by atoms with Gasteiger partial charge >= 0.3 is 0 Å². The Hall–Kier alpha value is -1.24. The third-order valence-corrected chi connectivity index (χ3v) is 3.18. The first-order valence-electron chi connectivity index (χ1n) is 5.68. The Morgan fingerprint density at radius 2 is 1.87 bits per heavy atom. The molecule has 0 bridgehead atoms. The predicted molar refractivity (Wildman–Crippen MR) is 64.0 cm³/mol. The van der Waals surface area contributed by atoms with Gasteiger partial charge in [0, 0.05) is 0 Å². The highest BCUT2D eigenvalue weighted by Gasteiger charge is 2.10. The number of hydrogen-bond donors (Lipinski definition) is 1. The van der Waals surface area contributed by atoms with E-state index in [-0.39, 0.29) is 0 Å². The van der Waals surface area contributed by atoms with Crippen molar-refractivity contribution in [2.75, 3.05) is 0 Å². The van der Waals surface area contributed by atoms with E-state index < -0.39 is 0 Å². The third-order valence-electron chi connectivity index (χ3n) is 3.18. The lowest BCUT2D eigenvalue weighted by molar-refractivity contribution is 0.470. The number of phenols is 1. The molecular formula is C14H18O. The molecule has 1 aromatic carbocycles. The average molecular weight is 202 g/mol. The van der Waals surface area contributed by atoms with E-state index in [0.29, 0.717) is 5.75 Å². The van der Waals surface area contributed by atoms with Crippen LogP contribution in [0.5, 0.6) is 5.75 Å². The van der Waals surface area contributed by atoms with Crippen LogP contribution >= 0.6 is 0 Å². The molecule has 0 radical (unpaired) electrons. The van der Waals surface area contributed by atoms with Gasteiger partial charge in [-0.3, -0.25) is 0 Å². The Labute approximate surface area is 91.4 Å². The Kier molecular flexibility index (Phi) is 2.81. The summed E-state index contributed by atoms with van der Waals surface area (Å²) in [4.78, 5) is 0. The van der Waals surface area contributed by atoms with Crippen molar-refractivity contribution in [2.24, 2.45) is 0 Å². The smallest absolute Gasteiger partial charge is 0.118 e. The van der Waals surface area contributed by atoms with Crippen LogP contribution < -0.4 is 0 Å². The summed E-state index contributed by atoms with van der Waals surface area (Å²) < 4.78 is 0. The summed E-state index contributed by atoms with van der Waals surface area (Å²) in [5, 5.41) is 9.60. The summed E-state index contributed by atoms with van der Waals surface area (Å²) in [5.74, 6) is 0.410.